The maximum Gasteiger partial charge on any atom is 0.229 e. The van der Waals surface area contributed by atoms with Crippen molar-refractivity contribution in [1.82, 2.24) is 0 Å². The van der Waals surface area contributed by atoms with Gasteiger partial charge >= 0.3 is 0 Å². The normalized spacial score (nSPS) is 19.3. The van der Waals surface area contributed by atoms with Crippen molar-refractivity contribution >= 4 is 23.1 Å². The molecule has 2 aliphatic rings. The minimum Gasteiger partial charge on any atom is -0.451 e. The molecule has 1 aromatic heterocycles. The summed E-state index contributed by atoms with van der Waals surface area (Å²) >= 11 is 0. The van der Waals surface area contributed by atoms with Gasteiger partial charge in [0.15, 0.2) is 22.9 Å². The maximum atomic E-state index is 13.3. The average Bonchev–Trinajstić information content (AvgIpc) is 3.12. The second-order valence-electron chi connectivity index (χ2n) is 7.33. The lowest BCUT2D eigenvalue weighted by Gasteiger charge is -2.31. The summed E-state index contributed by atoms with van der Waals surface area (Å²) in [5, 5.41) is 11.4. The minimum absolute atomic E-state index is 0.0726. The first-order valence-electron chi connectivity index (χ1n) is 9.06. The largest absolute Gasteiger partial charge is 0.451 e. The predicted octanol–water partition coefficient (Wildman–Crippen LogP) is 3.09. The van der Waals surface area contributed by atoms with Crippen molar-refractivity contribution in [1.29, 1.82) is 0 Å². The van der Waals surface area contributed by atoms with Crippen molar-refractivity contribution in [2.45, 2.75) is 18.9 Å². The molecule has 142 valence electrons. The zero-order valence-electron chi connectivity index (χ0n) is 15.3. The van der Waals surface area contributed by atoms with Gasteiger partial charge in [-0.05, 0) is 6.92 Å². The van der Waals surface area contributed by atoms with Crippen molar-refractivity contribution in [3.8, 4) is 11.3 Å². The predicted molar refractivity (Wildman–Crippen MR) is 101 cm³/mol. The Balaban J connectivity index is 1.89. The molecule has 3 aromatic rings. The first kappa shape index (κ1) is 17.5. The van der Waals surface area contributed by atoms with E-state index < -0.39 is 35.2 Å². The third-order valence-electron chi connectivity index (χ3n) is 5.47. The Morgan fingerprint density at radius 3 is 2.03 bits per heavy atom. The van der Waals surface area contributed by atoms with Gasteiger partial charge in [-0.15, -0.1) is 0 Å². The monoisotopic (exact) mass is 386 g/mol. The number of aliphatic hydroxyl groups is 1. The number of hydrogen-bond donors (Lipinski definition) is 1. The third-order valence-corrected chi connectivity index (χ3v) is 5.47. The summed E-state index contributed by atoms with van der Waals surface area (Å²) in [5.74, 6) is -2.29. The third kappa shape index (κ3) is 2.14. The molecule has 0 saturated heterocycles. The lowest BCUT2D eigenvalue weighted by atomic mass is 9.72. The van der Waals surface area contributed by atoms with E-state index in [1.807, 2.05) is 0 Å². The molecular formula is C23H14O6. The lowest BCUT2D eigenvalue weighted by Crippen LogP contribution is -2.42. The highest BCUT2D eigenvalue weighted by Crippen LogP contribution is 2.49. The SMILES string of the molecule is CC(=O)C[C@]1(O)C(=O)c2ccccc2-c2oc3c(c21)C(=O)c1ccccc1C3=O. The number of ketones is 4. The van der Waals surface area contributed by atoms with Gasteiger partial charge in [0.2, 0.25) is 5.78 Å². The molecule has 5 rings (SSSR count). The molecule has 0 unspecified atom stereocenters. The van der Waals surface area contributed by atoms with E-state index in [9.17, 15) is 24.3 Å². The molecule has 0 spiro atoms. The van der Waals surface area contributed by atoms with Crippen LogP contribution in [0.15, 0.2) is 52.9 Å². The fraction of sp³-hybridized carbons (Fsp3) is 0.130. The molecule has 6 nitrogen and oxygen atoms in total. The average molecular weight is 386 g/mol. The molecule has 0 saturated carbocycles. The number of fused-ring (bicyclic) bond motifs is 6. The van der Waals surface area contributed by atoms with E-state index in [0.717, 1.165) is 0 Å². The molecule has 0 bridgehead atoms. The second kappa shape index (κ2) is 5.68. The van der Waals surface area contributed by atoms with Crippen LogP contribution < -0.4 is 0 Å². The molecule has 1 heterocycles. The fourth-order valence-corrected chi connectivity index (χ4v) is 4.27. The number of rotatable bonds is 2. The van der Waals surface area contributed by atoms with Gasteiger partial charge in [0, 0.05) is 28.7 Å². The number of hydrogen-bond acceptors (Lipinski definition) is 6. The Labute approximate surface area is 164 Å². The zero-order valence-corrected chi connectivity index (χ0v) is 15.3. The van der Waals surface area contributed by atoms with Crippen LogP contribution in [0.2, 0.25) is 0 Å². The number of Topliss-reactive ketones (excluding diaryl/α,β-unsaturated/α-hetero) is 2. The summed E-state index contributed by atoms with van der Waals surface area (Å²) in [6.07, 6.45) is -0.526. The van der Waals surface area contributed by atoms with E-state index >= 15 is 0 Å². The summed E-state index contributed by atoms with van der Waals surface area (Å²) in [6.45, 7) is 1.25. The van der Waals surface area contributed by atoms with Crippen LogP contribution in [0.4, 0.5) is 0 Å². The van der Waals surface area contributed by atoms with E-state index in [1.165, 1.54) is 25.1 Å². The van der Waals surface area contributed by atoms with Gasteiger partial charge in [-0.25, -0.2) is 0 Å². The van der Waals surface area contributed by atoms with Crippen LogP contribution >= 0.6 is 0 Å². The molecule has 0 aliphatic heterocycles. The van der Waals surface area contributed by atoms with Gasteiger partial charge in [0.1, 0.15) is 11.5 Å². The summed E-state index contributed by atoms with van der Waals surface area (Å²) in [7, 11) is 0. The molecule has 0 fully saturated rings. The van der Waals surface area contributed by atoms with E-state index in [0.29, 0.717) is 5.56 Å². The van der Waals surface area contributed by atoms with Crippen LogP contribution in [0, 0.1) is 0 Å². The second-order valence-corrected chi connectivity index (χ2v) is 7.33. The highest BCUT2D eigenvalue weighted by atomic mass is 16.4. The van der Waals surface area contributed by atoms with Crippen molar-refractivity contribution in [3.05, 3.63) is 82.1 Å². The van der Waals surface area contributed by atoms with Crippen molar-refractivity contribution in [2.24, 2.45) is 0 Å². The van der Waals surface area contributed by atoms with E-state index in [2.05, 4.69) is 0 Å². The van der Waals surface area contributed by atoms with Gasteiger partial charge in [0.25, 0.3) is 0 Å². The Morgan fingerprint density at radius 2 is 1.41 bits per heavy atom. The van der Waals surface area contributed by atoms with Crippen LogP contribution in [0.1, 0.15) is 61.3 Å². The van der Waals surface area contributed by atoms with Crippen LogP contribution in [0.25, 0.3) is 11.3 Å². The lowest BCUT2D eigenvalue weighted by molar-refractivity contribution is -0.120. The molecule has 0 radical (unpaired) electrons. The molecule has 0 amide bonds. The van der Waals surface area contributed by atoms with Gasteiger partial charge in [0.05, 0.1) is 11.1 Å². The van der Waals surface area contributed by atoms with Gasteiger partial charge in [-0.1, -0.05) is 48.5 Å². The van der Waals surface area contributed by atoms with Gasteiger partial charge in [-0.3, -0.25) is 19.2 Å². The topological polar surface area (TPSA) is 102 Å². The number of carbonyl (C=O) groups excluding carboxylic acids is 4. The quantitative estimate of drug-likeness (QED) is 0.568. The zero-order chi connectivity index (χ0) is 20.5. The maximum absolute atomic E-state index is 13.3. The van der Waals surface area contributed by atoms with Crippen LogP contribution in [0.3, 0.4) is 0 Å². The summed E-state index contributed by atoms with van der Waals surface area (Å²) in [6, 6.07) is 12.8. The number of furan rings is 1. The van der Waals surface area contributed by atoms with E-state index in [-0.39, 0.29) is 39.3 Å². The van der Waals surface area contributed by atoms with Crippen molar-refractivity contribution in [3.63, 3.8) is 0 Å². The number of benzene rings is 2. The summed E-state index contributed by atoms with van der Waals surface area (Å²) < 4.78 is 5.83. The van der Waals surface area contributed by atoms with Crippen LogP contribution in [-0.4, -0.2) is 28.2 Å². The Hall–Kier alpha value is -3.64. The standard InChI is InChI=1S/C23H14O6/c1-11(24)10-23(28)17-16-18(25)12-6-2-3-7-13(12)19(26)21(16)29-20(17)14-8-4-5-9-15(14)22(23)27/h2-9,28H,10H2,1H3/t23-/m1/s1. The first-order chi connectivity index (χ1) is 13.8. The molecule has 6 heteroatoms. The molecule has 1 atom stereocenters. The van der Waals surface area contributed by atoms with Gasteiger partial charge in [-0.2, -0.15) is 0 Å². The number of carbonyl (C=O) groups is 4. The Morgan fingerprint density at radius 1 is 0.862 bits per heavy atom. The van der Waals surface area contributed by atoms with E-state index in [1.54, 1.807) is 30.3 Å². The van der Waals surface area contributed by atoms with Crippen molar-refractivity contribution in [2.75, 3.05) is 0 Å². The van der Waals surface area contributed by atoms with Crippen LogP contribution in [0.5, 0.6) is 0 Å². The summed E-state index contributed by atoms with van der Waals surface area (Å²) in [4.78, 5) is 51.4. The van der Waals surface area contributed by atoms with Crippen LogP contribution in [-0.2, 0) is 10.4 Å². The van der Waals surface area contributed by atoms with Gasteiger partial charge < -0.3 is 9.52 Å². The summed E-state index contributed by atoms with van der Waals surface area (Å²) in [5.41, 5.74) is -1.60. The molecular weight excluding hydrogens is 372 g/mol. The molecule has 2 aromatic carbocycles. The molecule has 1 N–H and O–H groups in total. The Bertz CT molecular complexity index is 1280. The first-order valence-corrected chi connectivity index (χ1v) is 9.06. The fourth-order valence-electron chi connectivity index (χ4n) is 4.27. The Kier molecular flexibility index (Phi) is 3.42. The highest BCUT2D eigenvalue weighted by molar-refractivity contribution is 6.29. The van der Waals surface area contributed by atoms with Crippen molar-refractivity contribution < 1.29 is 28.7 Å². The minimum atomic E-state index is -2.28. The molecule has 29 heavy (non-hydrogen) atoms. The smallest absolute Gasteiger partial charge is 0.229 e. The van der Waals surface area contributed by atoms with E-state index in [4.69, 9.17) is 4.42 Å². The highest BCUT2D eigenvalue weighted by Gasteiger charge is 2.52. The molecule has 2 aliphatic carbocycles.